The molecule has 0 aliphatic heterocycles. The quantitative estimate of drug-likeness (QED) is 0.742. The molecule has 13 heavy (non-hydrogen) atoms. The van der Waals surface area contributed by atoms with Crippen molar-refractivity contribution in [3.8, 4) is 0 Å². The number of carbonyl (C=O) groups excluding carboxylic acids is 1. The largest absolute Gasteiger partial charge is 0.326 e. The maximum atomic E-state index is 10.4. The highest BCUT2D eigenvalue weighted by molar-refractivity contribution is 5.73. The highest BCUT2D eigenvalue weighted by Crippen LogP contribution is 2.05. The van der Waals surface area contributed by atoms with Crippen molar-refractivity contribution in [2.45, 2.75) is 19.4 Å². The zero-order chi connectivity index (χ0) is 9.68. The SMILES string of the molecule is [NH]C(=O)CCc1ccc(CN)cc1. The second-order valence-corrected chi connectivity index (χ2v) is 2.94. The molecular weight excluding hydrogens is 164 g/mol. The molecule has 0 spiro atoms. The molecule has 3 N–H and O–H groups in total. The molecule has 3 heteroatoms. The predicted molar refractivity (Wildman–Crippen MR) is 50.8 cm³/mol. The summed E-state index contributed by atoms with van der Waals surface area (Å²) in [4.78, 5) is 10.4. The third-order valence-electron chi connectivity index (χ3n) is 1.90. The summed E-state index contributed by atoms with van der Waals surface area (Å²) >= 11 is 0. The Morgan fingerprint density at radius 1 is 1.23 bits per heavy atom. The van der Waals surface area contributed by atoms with Crippen molar-refractivity contribution >= 4 is 5.91 Å². The van der Waals surface area contributed by atoms with Crippen molar-refractivity contribution in [3.63, 3.8) is 0 Å². The third-order valence-corrected chi connectivity index (χ3v) is 1.90. The van der Waals surface area contributed by atoms with Gasteiger partial charge in [-0.15, -0.1) is 0 Å². The highest BCUT2D eigenvalue weighted by Gasteiger charge is 1.97. The fourth-order valence-corrected chi connectivity index (χ4v) is 1.10. The van der Waals surface area contributed by atoms with Crippen LogP contribution in [0.2, 0.25) is 0 Å². The van der Waals surface area contributed by atoms with E-state index in [1.165, 1.54) is 0 Å². The Bertz CT molecular complexity index is 279. The van der Waals surface area contributed by atoms with E-state index in [0.29, 0.717) is 19.4 Å². The molecule has 0 atom stereocenters. The van der Waals surface area contributed by atoms with Gasteiger partial charge < -0.3 is 5.73 Å². The summed E-state index contributed by atoms with van der Waals surface area (Å²) in [5.41, 5.74) is 14.3. The number of carbonyl (C=O) groups is 1. The molecule has 0 saturated heterocycles. The lowest BCUT2D eigenvalue weighted by atomic mass is 10.1. The van der Waals surface area contributed by atoms with E-state index in [4.69, 9.17) is 11.5 Å². The first-order chi connectivity index (χ1) is 6.22. The van der Waals surface area contributed by atoms with Gasteiger partial charge in [0.15, 0.2) is 0 Å². The van der Waals surface area contributed by atoms with E-state index in [1.807, 2.05) is 24.3 Å². The Morgan fingerprint density at radius 3 is 2.23 bits per heavy atom. The molecule has 1 aromatic rings. The summed E-state index contributed by atoms with van der Waals surface area (Å²) in [5, 5.41) is 0. The predicted octanol–water partition coefficient (Wildman–Crippen LogP) is 0.887. The zero-order valence-electron chi connectivity index (χ0n) is 7.42. The number of nitrogens with two attached hydrogens (primary N) is 1. The van der Waals surface area contributed by atoms with Crippen LogP contribution >= 0.6 is 0 Å². The van der Waals surface area contributed by atoms with Gasteiger partial charge in [0.2, 0.25) is 5.91 Å². The number of nitrogens with one attached hydrogen (secondary N) is 1. The van der Waals surface area contributed by atoms with Crippen LogP contribution in [-0.4, -0.2) is 5.91 Å². The van der Waals surface area contributed by atoms with Crippen LogP contribution in [0.3, 0.4) is 0 Å². The summed E-state index contributed by atoms with van der Waals surface area (Å²) in [6, 6.07) is 7.80. The van der Waals surface area contributed by atoms with Crippen LogP contribution in [-0.2, 0) is 17.8 Å². The highest BCUT2D eigenvalue weighted by atomic mass is 16.1. The van der Waals surface area contributed by atoms with Gasteiger partial charge >= 0.3 is 0 Å². The van der Waals surface area contributed by atoms with Crippen LogP contribution in [0, 0.1) is 0 Å². The number of hydrogen-bond donors (Lipinski definition) is 1. The summed E-state index contributed by atoms with van der Waals surface area (Å²) in [6.45, 7) is 0.539. The normalized spacial score (nSPS) is 9.92. The van der Waals surface area contributed by atoms with Crippen molar-refractivity contribution < 1.29 is 4.79 Å². The second kappa shape index (κ2) is 4.62. The Balaban J connectivity index is 2.54. The third kappa shape index (κ3) is 3.25. The lowest BCUT2D eigenvalue weighted by Crippen LogP contribution is -2.00. The molecule has 0 heterocycles. The molecule has 0 aromatic heterocycles. The van der Waals surface area contributed by atoms with Gasteiger partial charge in [0.1, 0.15) is 0 Å². The van der Waals surface area contributed by atoms with E-state index >= 15 is 0 Å². The van der Waals surface area contributed by atoms with Gasteiger partial charge in [-0.1, -0.05) is 24.3 Å². The smallest absolute Gasteiger partial charge is 0.238 e. The molecule has 1 radical (unpaired) electrons. The molecule has 0 unspecified atom stereocenters. The molecule has 1 amide bonds. The lowest BCUT2D eigenvalue weighted by Gasteiger charge is -2.00. The molecule has 0 saturated carbocycles. The van der Waals surface area contributed by atoms with Crippen LogP contribution in [0.5, 0.6) is 0 Å². The lowest BCUT2D eigenvalue weighted by molar-refractivity contribution is -0.118. The standard InChI is InChI=1S/C10H13N2O/c11-7-9-3-1-8(2-4-9)5-6-10(12)13/h1-4,12H,5-7,11H2. The first-order valence-corrected chi connectivity index (χ1v) is 4.24. The van der Waals surface area contributed by atoms with E-state index in [9.17, 15) is 4.79 Å². The minimum absolute atomic E-state index is 0.294. The number of amides is 1. The maximum Gasteiger partial charge on any atom is 0.238 e. The van der Waals surface area contributed by atoms with Crippen molar-refractivity contribution in [2.24, 2.45) is 5.73 Å². The van der Waals surface area contributed by atoms with Gasteiger partial charge in [-0.05, 0) is 17.5 Å². The van der Waals surface area contributed by atoms with Gasteiger partial charge in [0.25, 0.3) is 0 Å². The van der Waals surface area contributed by atoms with E-state index in [0.717, 1.165) is 11.1 Å². The number of benzene rings is 1. The molecule has 69 valence electrons. The molecule has 0 fully saturated rings. The van der Waals surface area contributed by atoms with Crippen molar-refractivity contribution in [1.29, 1.82) is 0 Å². The van der Waals surface area contributed by atoms with Gasteiger partial charge in [-0.2, -0.15) is 0 Å². The van der Waals surface area contributed by atoms with Gasteiger partial charge in [0, 0.05) is 13.0 Å². The Morgan fingerprint density at radius 2 is 1.77 bits per heavy atom. The Labute approximate surface area is 77.7 Å². The molecule has 0 bridgehead atoms. The summed E-state index contributed by atoms with van der Waals surface area (Å²) < 4.78 is 0. The molecule has 0 aliphatic carbocycles. The second-order valence-electron chi connectivity index (χ2n) is 2.94. The van der Waals surface area contributed by atoms with Gasteiger partial charge in [-0.3, -0.25) is 10.5 Å². The first kappa shape index (κ1) is 9.74. The van der Waals surface area contributed by atoms with Gasteiger partial charge in [0.05, 0.1) is 0 Å². The molecule has 0 aliphatic rings. The molecule has 3 nitrogen and oxygen atoms in total. The fraction of sp³-hybridized carbons (Fsp3) is 0.300. The number of rotatable bonds is 4. The van der Waals surface area contributed by atoms with E-state index < -0.39 is 5.91 Å². The summed E-state index contributed by atoms with van der Waals surface area (Å²) in [6.07, 6.45) is 0.940. The monoisotopic (exact) mass is 177 g/mol. The molecule has 1 aromatic carbocycles. The Hall–Kier alpha value is -1.35. The molecular formula is C10H13N2O. The average molecular weight is 177 g/mol. The van der Waals surface area contributed by atoms with Crippen molar-refractivity contribution in [1.82, 2.24) is 5.73 Å². The van der Waals surface area contributed by atoms with E-state index in [2.05, 4.69) is 0 Å². The van der Waals surface area contributed by atoms with Crippen molar-refractivity contribution in [3.05, 3.63) is 35.4 Å². The molecule has 1 rings (SSSR count). The van der Waals surface area contributed by atoms with Crippen LogP contribution < -0.4 is 11.5 Å². The van der Waals surface area contributed by atoms with Crippen molar-refractivity contribution in [2.75, 3.05) is 0 Å². The first-order valence-electron chi connectivity index (χ1n) is 4.24. The Kier molecular flexibility index (Phi) is 3.46. The van der Waals surface area contributed by atoms with Gasteiger partial charge in [-0.25, -0.2) is 0 Å². The minimum atomic E-state index is -0.511. The number of aryl methyl sites for hydroxylation is 1. The van der Waals surface area contributed by atoms with Crippen LogP contribution in [0.25, 0.3) is 0 Å². The zero-order valence-corrected chi connectivity index (χ0v) is 7.42. The average Bonchev–Trinajstić information content (AvgIpc) is 2.15. The van der Waals surface area contributed by atoms with Crippen LogP contribution in [0.4, 0.5) is 0 Å². The summed E-state index contributed by atoms with van der Waals surface area (Å²) in [7, 11) is 0. The summed E-state index contributed by atoms with van der Waals surface area (Å²) in [5.74, 6) is -0.511. The van der Waals surface area contributed by atoms with E-state index in [-0.39, 0.29) is 0 Å². The van der Waals surface area contributed by atoms with Crippen LogP contribution in [0.15, 0.2) is 24.3 Å². The topological polar surface area (TPSA) is 66.9 Å². The van der Waals surface area contributed by atoms with Crippen LogP contribution in [0.1, 0.15) is 17.5 Å². The maximum absolute atomic E-state index is 10.4. The minimum Gasteiger partial charge on any atom is -0.326 e. The fourth-order valence-electron chi connectivity index (χ4n) is 1.10. The van der Waals surface area contributed by atoms with E-state index in [1.54, 1.807) is 0 Å². The number of hydrogen-bond acceptors (Lipinski definition) is 2.